The van der Waals surface area contributed by atoms with E-state index in [2.05, 4.69) is 49.7 Å². The molecule has 2 aromatic rings. The maximum absolute atomic E-state index is 12.5. The van der Waals surface area contributed by atoms with Gasteiger partial charge in [-0.2, -0.15) is 0 Å². The second-order valence-electron chi connectivity index (χ2n) is 7.88. The van der Waals surface area contributed by atoms with Crippen LogP contribution < -0.4 is 15.2 Å². The number of phosphoric acid groups is 1. The van der Waals surface area contributed by atoms with E-state index in [4.69, 9.17) is 29.2 Å². The average molecular weight is 1290 g/mol. The summed E-state index contributed by atoms with van der Waals surface area (Å²) in [5, 5.41) is 0. The predicted molar refractivity (Wildman–Crippen MR) is 201 cm³/mol. The summed E-state index contributed by atoms with van der Waals surface area (Å²) in [6.45, 7) is -1.81. The van der Waals surface area contributed by atoms with Crippen LogP contribution in [0.1, 0.15) is 12.8 Å². The molecular weight excluding hydrogens is 1270 g/mol. The molecule has 43 heavy (non-hydrogen) atoms. The molecule has 0 aliphatic carbocycles. The molecule has 0 heterocycles. The highest BCUT2D eigenvalue weighted by Gasteiger charge is 2.28. The number of esters is 4. The summed E-state index contributed by atoms with van der Waals surface area (Å²) in [6, 6.07) is 7.14. The fourth-order valence-electron chi connectivity index (χ4n) is 2.75. The Labute approximate surface area is 327 Å². The number of halogens is 6. The quantitative estimate of drug-likeness (QED) is 0.0785. The summed E-state index contributed by atoms with van der Waals surface area (Å²) in [4.78, 5) is 59.4. The maximum atomic E-state index is 12.5. The highest BCUT2D eigenvalue weighted by Crippen LogP contribution is 2.43. The molecule has 0 saturated carbocycles. The molecule has 3 N–H and O–H groups in total. The first kappa shape index (κ1) is 39.9. The molecular formula is C23H20I6NO12P. The minimum absolute atomic E-state index is 0.0685. The Balaban J connectivity index is 2.01. The van der Waals surface area contributed by atoms with Gasteiger partial charge in [0.15, 0.2) is 17.6 Å². The number of rotatable bonds is 15. The van der Waals surface area contributed by atoms with E-state index in [1.54, 1.807) is 24.3 Å². The third-order valence-electron chi connectivity index (χ3n) is 4.46. The number of carbonyl (C=O) groups is 4. The second-order valence-corrected chi connectivity index (χ2v) is 16.5. The van der Waals surface area contributed by atoms with E-state index < -0.39 is 63.9 Å². The van der Waals surface area contributed by atoms with Gasteiger partial charge < -0.3 is 29.6 Å². The van der Waals surface area contributed by atoms with Crippen molar-refractivity contribution in [3.8, 4) is 11.5 Å². The summed E-state index contributed by atoms with van der Waals surface area (Å²) in [5.74, 6) is -3.39. The number of carbonyl (C=O) groups excluding carboxylic acids is 4. The van der Waals surface area contributed by atoms with Crippen molar-refractivity contribution in [1.82, 2.24) is 0 Å². The van der Waals surface area contributed by atoms with Crippen molar-refractivity contribution in [2.45, 2.75) is 18.9 Å². The Kier molecular flexibility index (Phi) is 18.2. The maximum Gasteiger partial charge on any atom is 0.472 e. The summed E-state index contributed by atoms with van der Waals surface area (Å²) >= 11 is 12.2. The second kappa shape index (κ2) is 19.6. The number of hydrogen-bond acceptors (Lipinski definition) is 12. The van der Waals surface area contributed by atoms with E-state index >= 15 is 0 Å². The fraction of sp³-hybridized carbons (Fsp3) is 0.304. The third kappa shape index (κ3) is 15.0. The molecule has 2 atom stereocenters. The number of hydrogen-bond donors (Lipinski definition) is 2. The van der Waals surface area contributed by atoms with Crippen LogP contribution in [0.4, 0.5) is 0 Å². The Morgan fingerprint density at radius 3 is 1.60 bits per heavy atom. The van der Waals surface area contributed by atoms with Crippen LogP contribution in [0, 0.1) is 21.4 Å². The van der Waals surface area contributed by atoms with Crippen LogP contribution in [0.15, 0.2) is 24.3 Å². The fourth-order valence-corrected chi connectivity index (χ4v) is 11.1. The van der Waals surface area contributed by atoms with Crippen molar-refractivity contribution in [3.63, 3.8) is 0 Å². The normalized spacial score (nSPS) is 13.0. The molecule has 0 saturated heterocycles. The van der Waals surface area contributed by atoms with Crippen molar-refractivity contribution < 1.29 is 56.6 Å². The molecule has 0 fully saturated rings. The van der Waals surface area contributed by atoms with Crippen molar-refractivity contribution in [2.24, 2.45) is 5.73 Å². The smallest absolute Gasteiger partial charge is 0.461 e. The molecule has 0 amide bonds. The zero-order chi connectivity index (χ0) is 32.3. The summed E-state index contributed by atoms with van der Waals surface area (Å²) in [7, 11) is -4.60. The Morgan fingerprint density at radius 1 is 0.721 bits per heavy atom. The third-order valence-corrected chi connectivity index (χ3v) is 9.89. The number of ether oxygens (including phenoxy) is 4. The van der Waals surface area contributed by atoms with Crippen LogP contribution in [0.5, 0.6) is 11.5 Å². The molecule has 2 aromatic carbocycles. The van der Waals surface area contributed by atoms with Crippen LogP contribution in [0.25, 0.3) is 0 Å². The predicted octanol–water partition coefficient (Wildman–Crippen LogP) is 5.15. The van der Waals surface area contributed by atoms with E-state index in [1.807, 2.05) is 90.4 Å². The lowest BCUT2D eigenvalue weighted by Gasteiger charge is -2.19. The van der Waals surface area contributed by atoms with Crippen LogP contribution >= 0.6 is 143 Å². The first-order valence-electron chi connectivity index (χ1n) is 11.5. The molecule has 20 heteroatoms. The minimum Gasteiger partial charge on any atom is -0.461 e. The van der Waals surface area contributed by atoms with Crippen molar-refractivity contribution in [3.05, 3.63) is 45.7 Å². The molecule has 0 spiro atoms. The van der Waals surface area contributed by atoms with Gasteiger partial charge >= 0.3 is 31.7 Å². The van der Waals surface area contributed by atoms with Gasteiger partial charge in [0, 0.05) is 13.7 Å². The van der Waals surface area contributed by atoms with Crippen LogP contribution in [0.2, 0.25) is 0 Å². The highest BCUT2D eigenvalue weighted by molar-refractivity contribution is 14.1. The van der Waals surface area contributed by atoms with Crippen LogP contribution in [-0.4, -0.2) is 61.2 Å². The molecule has 236 valence electrons. The van der Waals surface area contributed by atoms with Gasteiger partial charge in [0.1, 0.15) is 19.4 Å². The standard InChI is InChI=1S/C23H20I6NO12P/c24-11-3-14(26)22(15(27)4-11)41-20(33)7-18(31)37-9-13(10-39-43(35,36)38-2-1-30)40-19(32)8-21(34)42-23-16(28)5-12(25)6-17(23)29/h3-6,13H,1-2,7-10,30H2,(H,35,36)/t13-/m1/s1. The zero-order valence-electron chi connectivity index (χ0n) is 21.4. The molecule has 0 radical (unpaired) electrons. The average Bonchev–Trinajstić information content (AvgIpc) is 2.88. The van der Waals surface area contributed by atoms with E-state index in [9.17, 15) is 28.6 Å². The molecule has 0 aliphatic rings. The Morgan fingerprint density at radius 2 is 1.16 bits per heavy atom. The Hall–Kier alpha value is 0.770. The summed E-state index contributed by atoms with van der Waals surface area (Å²) in [5.41, 5.74) is 5.25. The summed E-state index contributed by atoms with van der Waals surface area (Å²) in [6.07, 6.45) is -3.07. The lowest BCUT2D eigenvalue weighted by atomic mass is 10.3. The number of benzene rings is 2. The number of nitrogens with two attached hydrogens (primary N) is 1. The molecule has 2 rings (SSSR count). The van der Waals surface area contributed by atoms with E-state index in [0.717, 1.165) is 7.14 Å². The van der Waals surface area contributed by atoms with Crippen LogP contribution in [-0.2, 0) is 42.3 Å². The lowest BCUT2D eigenvalue weighted by Crippen LogP contribution is -2.31. The molecule has 0 aromatic heterocycles. The lowest BCUT2D eigenvalue weighted by molar-refractivity contribution is -0.165. The van der Waals surface area contributed by atoms with Crippen LogP contribution in [0.3, 0.4) is 0 Å². The Bertz CT molecular complexity index is 1360. The van der Waals surface area contributed by atoms with Gasteiger partial charge in [-0.15, -0.1) is 0 Å². The SMILES string of the molecule is NCCOP(=O)(O)OC[C@@H](COC(=O)CC(=O)Oc1c(I)cc(I)cc1I)OC(=O)CC(=O)Oc1c(I)cc(I)cc1I. The molecule has 0 aliphatic heterocycles. The van der Waals surface area contributed by atoms with Gasteiger partial charge in [-0.1, -0.05) is 0 Å². The summed E-state index contributed by atoms with van der Waals surface area (Å²) < 4.78 is 46.8. The molecule has 13 nitrogen and oxygen atoms in total. The van der Waals surface area contributed by atoms with Crippen molar-refractivity contribution in [2.75, 3.05) is 26.4 Å². The highest BCUT2D eigenvalue weighted by atomic mass is 127. The minimum atomic E-state index is -4.60. The first-order chi connectivity index (χ1) is 20.1. The topological polar surface area (TPSA) is 187 Å². The first-order valence-corrected chi connectivity index (χ1v) is 19.4. The number of phosphoric ester groups is 1. The van der Waals surface area contributed by atoms with Gasteiger partial charge in [0.25, 0.3) is 0 Å². The van der Waals surface area contributed by atoms with Gasteiger partial charge in [-0.3, -0.25) is 28.2 Å². The molecule has 0 bridgehead atoms. The van der Waals surface area contributed by atoms with Gasteiger partial charge in [0.2, 0.25) is 0 Å². The van der Waals surface area contributed by atoms with Gasteiger partial charge in [-0.25, -0.2) is 4.57 Å². The van der Waals surface area contributed by atoms with Gasteiger partial charge in [0.05, 0.1) is 27.5 Å². The van der Waals surface area contributed by atoms with Crippen molar-refractivity contribution >= 4 is 167 Å². The van der Waals surface area contributed by atoms with Gasteiger partial charge in [-0.05, 0) is 160 Å². The van der Waals surface area contributed by atoms with E-state index in [0.29, 0.717) is 14.3 Å². The zero-order valence-corrected chi connectivity index (χ0v) is 35.2. The molecule has 1 unspecified atom stereocenters. The monoisotopic (exact) mass is 1290 g/mol. The van der Waals surface area contributed by atoms with Crippen molar-refractivity contribution in [1.29, 1.82) is 0 Å². The van der Waals surface area contributed by atoms with E-state index in [-0.39, 0.29) is 24.7 Å². The van der Waals surface area contributed by atoms with E-state index in [1.165, 1.54) is 0 Å². The largest absolute Gasteiger partial charge is 0.472 e.